The summed E-state index contributed by atoms with van der Waals surface area (Å²) >= 11 is 6.10. The largest absolute Gasteiger partial charge is 0.478 e. The smallest absolute Gasteiger partial charge is 0.337 e. The third kappa shape index (κ3) is 3.45. The van der Waals surface area contributed by atoms with Gasteiger partial charge >= 0.3 is 5.97 Å². The first-order valence-electron chi connectivity index (χ1n) is 5.74. The third-order valence-electron chi connectivity index (χ3n) is 2.66. The molecule has 0 aliphatic rings. The molecule has 19 heavy (non-hydrogen) atoms. The van der Waals surface area contributed by atoms with E-state index in [0.29, 0.717) is 11.6 Å². The molecular formula is C14H13ClN2O2. The third-order valence-corrected chi connectivity index (χ3v) is 2.97. The zero-order valence-electron chi connectivity index (χ0n) is 10.4. The van der Waals surface area contributed by atoms with Crippen molar-refractivity contribution in [1.82, 2.24) is 4.98 Å². The normalized spacial score (nSPS) is 10.2. The van der Waals surface area contributed by atoms with E-state index < -0.39 is 5.97 Å². The summed E-state index contributed by atoms with van der Waals surface area (Å²) in [4.78, 5) is 14.8. The van der Waals surface area contributed by atoms with Crippen molar-refractivity contribution in [3.8, 4) is 0 Å². The lowest BCUT2D eigenvalue weighted by Gasteiger charge is -2.08. The van der Waals surface area contributed by atoms with Gasteiger partial charge in [-0.1, -0.05) is 17.7 Å². The van der Waals surface area contributed by atoms with E-state index in [1.807, 2.05) is 25.1 Å². The van der Waals surface area contributed by atoms with Crippen LogP contribution in [0.2, 0.25) is 5.02 Å². The number of hydrogen-bond donors (Lipinski definition) is 2. The van der Waals surface area contributed by atoms with Gasteiger partial charge in [0, 0.05) is 6.20 Å². The number of benzene rings is 1. The van der Waals surface area contributed by atoms with Crippen LogP contribution in [0.5, 0.6) is 0 Å². The number of anilines is 1. The molecule has 0 radical (unpaired) electrons. The van der Waals surface area contributed by atoms with E-state index in [-0.39, 0.29) is 5.56 Å². The highest BCUT2D eigenvalue weighted by Gasteiger charge is 2.04. The van der Waals surface area contributed by atoms with E-state index in [4.69, 9.17) is 16.7 Å². The van der Waals surface area contributed by atoms with Crippen LogP contribution in [0.25, 0.3) is 0 Å². The molecule has 1 heterocycles. The highest BCUT2D eigenvalue weighted by atomic mass is 35.5. The summed E-state index contributed by atoms with van der Waals surface area (Å²) < 4.78 is 0. The molecule has 1 aromatic heterocycles. The van der Waals surface area contributed by atoms with Crippen molar-refractivity contribution in [3.05, 3.63) is 58.4 Å². The van der Waals surface area contributed by atoms with Crippen molar-refractivity contribution in [3.63, 3.8) is 0 Å². The van der Waals surface area contributed by atoms with Gasteiger partial charge in [0.25, 0.3) is 0 Å². The number of pyridine rings is 1. The van der Waals surface area contributed by atoms with Gasteiger partial charge in [-0.3, -0.25) is 4.98 Å². The lowest BCUT2D eigenvalue weighted by Crippen LogP contribution is -2.04. The number of nitrogens with zero attached hydrogens (tertiary/aromatic N) is 1. The molecule has 0 amide bonds. The van der Waals surface area contributed by atoms with Crippen molar-refractivity contribution in [1.29, 1.82) is 0 Å². The molecule has 0 unspecified atom stereocenters. The Balaban J connectivity index is 2.04. The average molecular weight is 277 g/mol. The molecule has 4 nitrogen and oxygen atoms in total. The summed E-state index contributed by atoms with van der Waals surface area (Å²) in [5.41, 5.74) is 2.86. The van der Waals surface area contributed by atoms with E-state index in [1.165, 1.54) is 12.3 Å². The summed E-state index contributed by atoms with van der Waals surface area (Å²) in [5.74, 6) is -0.978. The van der Waals surface area contributed by atoms with Crippen LogP contribution in [0.3, 0.4) is 0 Å². The van der Waals surface area contributed by atoms with E-state index in [0.717, 1.165) is 16.9 Å². The van der Waals surface area contributed by atoms with E-state index in [1.54, 1.807) is 6.07 Å². The van der Waals surface area contributed by atoms with Gasteiger partial charge in [0.2, 0.25) is 0 Å². The van der Waals surface area contributed by atoms with Gasteiger partial charge in [-0.25, -0.2) is 4.79 Å². The molecule has 2 N–H and O–H groups in total. The predicted molar refractivity (Wildman–Crippen MR) is 74.7 cm³/mol. The van der Waals surface area contributed by atoms with Crippen molar-refractivity contribution < 1.29 is 9.90 Å². The first-order valence-corrected chi connectivity index (χ1v) is 6.12. The highest BCUT2D eigenvalue weighted by molar-refractivity contribution is 6.33. The number of halogens is 1. The summed E-state index contributed by atoms with van der Waals surface area (Å²) in [6.07, 6.45) is 1.34. The Bertz CT molecular complexity index is 597. The standard InChI is InChI=1S/C14H13ClN2O2/c1-9-2-5-13(12(15)6-9)17-8-11-4-3-10(7-16-11)14(18)19/h2-7,17H,8H2,1H3,(H,18,19). The van der Waals surface area contributed by atoms with E-state index in [9.17, 15) is 4.79 Å². The van der Waals surface area contributed by atoms with Crippen LogP contribution < -0.4 is 5.32 Å². The average Bonchev–Trinajstić information content (AvgIpc) is 2.38. The Kier molecular flexibility index (Phi) is 4.02. The SMILES string of the molecule is Cc1ccc(NCc2ccc(C(=O)O)cn2)c(Cl)c1. The molecule has 1 aromatic carbocycles. The van der Waals surface area contributed by atoms with Gasteiger partial charge in [0.15, 0.2) is 0 Å². The molecule has 0 fully saturated rings. The summed E-state index contributed by atoms with van der Waals surface area (Å²) in [7, 11) is 0. The minimum Gasteiger partial charge on any atom is -0.478 e. The maximum absolute atomic E-state index is 10.7. The van der Waals surface area contributed by atoms with Gasteiger partial charge in [-0.15, -0.1) is 0 Å². The number of aromatic nitrogens is 1. The summed E-state index contributed by atoms with van der Waals surface area (Å²) in [5, 5.41) is 12.6. The Morgan fingerprint density at radius 2 is 2.16 bits per heavy atom. The number of aryl methyl sites for hydroxylation is 1. The topological polar surface area (TPSA) is 62.2 Å². The fourth-order valence-corrected chi connectivity index (χ4v) is 1.91. The second kappa shape index (κ2) is 5.71. The minimum atomic E-state index is -0.978. The molecule has 2 rings (SSSR count). The van der Waals surface area contributed by atoms with Gasteiger partial charge in [0.1, 0.15) is 0 Å². The maximum Gasteiger partial charge on any atom is 0.337 e. The Labute approximate surface area is 116 Å². The van der Waals surface area contributed by atoms with E-state index >= 15 is 0 Å². The molecule has 0 bridgehead atoms. The molecule has 2 aromatic rings. The van der Waals surface area contributed by atoms with Crippen LogP contribution in [0.15, 0.2) is 36.5 Å². The van der Waals surface area contributed by atoms with Crippen LogP contribution >= 0.6 is 11.6 Å². The molecule has 0 spiro atoms. The molecular weight excluding hydrogens is 264 g/mol. The summed E-state index contributed by atoms with van der Waals surface area (Å²) in [6, 6.07) is 8.96. The first-order chi connectivity index (χ1) is 9.06. The molecule has 0 aliphatic carbocycles. The van der Waals surface area contributed by atoms with Crippen LogP contribution in [0, 0.1) is 6.92 Å². The summed E-state index contributed by atoms with van der Waals surface area (Å²) in [6.45, 7) is 2.46. The quantitative estimate of drug-likeness (QED) is 0.899. The molecule has 0 aliphatic heterocycles. The first kappa shape index (κ1) is 13.4. The minimum absolute atomic E-state index is 0.178. The molecule has 0 atom stereocenters. The fourth-order valence-electron chi connectivity index (χ4n) is 1.60. The lowest BCUT2D eigenvalue weighted by atomic mass is 10.2. The van der Waals surface area contributed by atoms with Crippen LogP contribution in [-0.2, 0) is 6.54 Å². The van der Waals surface area contributed by atoms with Crippen LogP contribution in [-0.4, -0.2) is 16.1 Å². The number of nitrogens with one attached hydrogen (secondary N) is 1. The number of carboxylic acid groups (broad SMARTS) is 1. The predicted octanol–water partition coefficient (Wildman–Crippen LogP) is 3.35. The Morgan fingerprint density at radius 1 is 1.37 bits per heavy atom. The molecule has 5 heteroatoms. The second-order valence-electron chi connectivity index (χ2n) is 4.18. The number of aromatic carboxylic acids is 1. The Hall–Kier alpha value is -2.07. The van der Waals surface area contributed by atoms with Gasteiger partial charge in [-0.05, 0) is 36.8 Å². The van der Waals surface area contributed by atoms with Crippen molar-refractivity contribution >= 4 is 23.3 Å². The zero-order valence-corrected chi connectivity index (χ0v) is 11.1. The van der Waals surface area contributed by atoms with Gasteiger partial charge in [0.05, 0.1) is 28.5 Å². The van der Waals surface area contributed by atoms with Gasteiger partial charge < -0.3 is 10.4 Å². The van der Waals surface area contributed by atoms with Crippen molar-refractivity contribution in [2.75, 3.05) is 5.32 Å². The number of hydrogen-bond acceptors (Lipinski definition) is 3. The highest BCUT2D eigenvalue weighted by Crippen LogP contribution is 2.23. The number of carbonyl (C=O) groups is 1. The maximum atomic E-state index is 10.7. The lowest BCUT2D eigenvalue weighted by molar-refractivity contribution is 0.0696. The van der Waals surface area contributed by atoms with Crippen LogP contribution in [0.4, 0.5) is 5.69 Å². The number of carboxylic acids is 1. The monoisotopic (exact) mass is 276 g/mol. The zero-order chi connectivity index (χ0) is 13.8. The van der Waals surface area contributed by atoms with Crippen LogP contribution in [0.1, 0.15) is 21.6 Å². The molecule has 98 valence electrons. The molecule has 0 saturated heterocycles. The van der Waals surface area contributed by atoms with Gasteiger partial charge in [-0.2, -0.15) is 0 Å². The van der Waals surface area contributed by atoms with Crippen molar-refractivity contribution in [2.45, 2.75) is 13.5 Å². The fraction of sp³-hybridized carbons (Fsp3) is 0.143. The molecule has 0 saturated carbocycles. The number of rotatable bonds is 4. The second-order valence-corrected chi connectivity index (χ2v) is 4.59. The van der Waals surface area contributed by atoms with E-state index in [2.05, 4.69) is 10.3 Å². The van der Waals surface area contributed by atoms with Crippen molar-refractivity contribution in [2.24, 2.45) is 0 Å². The Morgan fingerprint density at radius 3 is 2.74 bits per heavy atom.